The Hall–Kier alpha value is -0.420. The van der Waals surface area contributed by atoms with Crippen LogP contribution in [0.25, 0.3) is 0 Å². The van der Waals surface area contributed by atoms with Gasteiger partial charge >= 0.3 is 0 Å². The summed E-state index contributed by atoms with van der Waals surface area (Å²) in [6.07, 6.45) is 1.44. The number of hydrogen-bond donors (Lipinski definition) is 1. The van der Waals surface area contributed by atoms with Crippen LogP contribution in [-0.4, -0.2) is 44.3 Å². The van der Waals surface area contributed by atoms with E-state index < -0.39 is 0 Å². The predicted molar refractivity (Wildman–Crippen MR) is 77.3 cm³/mol. The van der Waals surface area contributed by atoms with Crippen LogP contribution in [0.5, 0.6) is 0 Å². The van der Waals surface area contributed by atoms with Gasteiger partial charge in [-0.25, -0.2) is 0 Å². The summed E-state index contributed by atoms with van der Waals surface area (Å²) in [6.45, 7) is 8.24. The van der Waals surface area contributed by atoms with Gasteiger partial charge in [0, 0.05) is 22.8 Å². The van der Waals surface area contributed by atoms with Crippen molar-refractivity contribution in [3.05, 3.63) is 21.9 Å². The second-order valence-electron chi connectivity index (χ2n) is 4.99. The van der Waals surface area contributed by atoms with Crippen LogP contribution in [0.1, 0.15) is 29.1 Å². The molecule has 1 fully saturated rings. The molecule has 1 aromatic heterocycles. The minimum atomic E-state index is 0.272. The highest BCUT2D eigenvalue weighted by molar-refractivity contribution is 7.12. The van der Waals surface area contributed by atoms with Gasteiger partial charge in [-0.1, -0.05) is 6.92 Å². The standard InChI is InChI=1S/C14H24N2OS/c1-4-7-15-10-12-14(16(3)8-9-17-12)13-6-5-11(2)18-13/h5-6,12,14-15H,4,7-10H2,1-3H3. The Morgan fingerprint density at radius 3 is 3.00 bits per heavy atom. The van der Waals surface area contributed by atoms with Gasteiger partial charge in [-0.2, -0.15) is 0 Å². The molecule has 0 saturated carbocycles. The molecule has 2 unspecified atom stereocenters. The van der Waals surface area contributed by atoms with E-state index in [1.54, 1.807) is 0 Å². The third-order valence-electron chi connectivity index (χ3n) is 3.43. The summed E-state index contributed by atoms with van der Waals surface area (Å²) in [5.74, 6) is 0. The summed E-state index contributed by atoms with van der Waals surface area (Å²) in [4.78, 5) is 5.23. The molecule has 102 valence electrons. The molecule has 1 aromatic rings. The molecule has 4 heteroatoms. The minimum Gasteiger partial charge on any atom is -0.374 e. The molecule has 2 atom stereocenters. The molecule has 0 aliphatic carbocycles. The predicted octanol–water partition coefficient (Wildman–Crippen LogP) is 2.43. The van der Waals surface area contributed by atoms with Crippen LogP contribution in [0.3, 0.4) is 0 Å². The molecule has 1 aliphatic rings. The lowest BCUT2D eigenvalue weighted by Gasteiger charge is -2.38. The van der Waals surface area contributed by atoms with Crippen LogP contribution < -0.4 is 5.32 Å². The molecule has 0 amide bonds. The Balaban J connectivity index is 2.05. The maximum absolute atomic E-state index is 5.97. The number of thiophene rings is 1. The number of ether oxygens (including phenoxy) is 1. The maximum Gasteiger partial charge on any atom is 0.0904 e. The Labute approximate surface area is 114 Å². The average Bonchev–Trinajstić information content (AvgIpc) is 2.76. The van der Waals surface area contributed by atoms with Crippen LogP contribution in [0, 0.1) is 6.92 Å². The number of nitrogens with zero attached hydrogens (tertiary/aromatic N) is 1. The Kier molecular flexibility index (Phi) is 5.18. The second kappa shape index (κ2) is 6.66. The van der Waals surface area contributed by atoms with E-state index in [9.17, 15) is 0 Å². The van der Waals surface area contributed by atoms with E-state index in [1.165, 1.54) is 16.2 Å². The van der Waals surface area contributed by atoms with Gasteiger partial charge in [-0.05, 0) is 39.1 Å². The van der Waals surface area contributed by atoms with Crippen molar-refractivity contribution in [3.8, 4) is 0 Å². The van der Waals surface area contributed by atoms with Gasteiger partial charge < -0.3 is 10.1 Å². The summed E-state index contributed by atoms with van der Waals surface area (Å²) in [5, 5.41) is 3.48. The lowest BCUT2D eigenvalue weighted by atomic mass is 10.1. The van der Waals surface area contributed by atoms with Gasteiger partial charge in [0.15, 0.2) is 0 Å². The van der Waals surface area contributed by atoms with Gasteiger partial charge in [0.2, 0.25) is 0 Å². The molecule has 18 heavy (non-hydrogen) atoms. The van der Waals surface area contributed by atoms with E-state index in [1.807, 2.05) is 11.3 Å². The zero-order valence-corrected chi connectivity index (χ0v) is 12.4. The SMILES string of the molecule is CCCNCC1OCCN(C)C1c1ccc(C)s1. The molecule has 0 radical (unpaired) electrons. The summed E-state index contributed by atoms with van der Waals surface area (Å²) in [6, 6.07) is 4.86. The van der Waals surface area contributed by atoms with Crippen molar-refractivity contribution >= 4 is 11.3 Å². The minimum absolute atomic E-state index is 0.272. The first-order valence-electron chi connectivity index (χ1n) is 6.81. The molecule has 1 saturated heterocycles. The number of hydrogen-bond acceptors (Lipinski definition) is 4. The Morgan fingerprint density at radius 1 is 1.50 bits per heavy atom. The van der Waals surface area contributed by atoms with E-state index in [0.29, 0.717) is 6.04 Å². The van der Waals surface area contributed by atoms with Crippen molar-refractivity contribution in [2.45, 2.75) is 32.4 Å². The summed E-state index contributed by atoms with van der Waals surface area (Å²) >= 11 is 1.89. The fraction of sp³-hybridized carbons (Fsp3) is 0.714. The molecule has 2 heterocycles. The first-order chi connectivity index (χ1) is 8.72. The van der Waals surface area contributed by atoms with E-state index in [-0.39, 0.29) is 6.10 Å². The molecular weight excluding hydrogens is 244 g/mol. The summed E-state index contributed by atoms with van der Waals surface area (Å²) < 4.78 is 5.97. The quantitative estimate of drug-likeness (QED) is 0.830. The smallest absolute Gasteiger partial charge is 0.0904 e. The average molecular weight is 268 g/mol. The summed E-state index contributed by atoms with van der Waals surface area (Å²) in [7, 11) is 2.20. The third-order valence-corrected chi connectivity index (χ3v) is 4.50. The van der Waals surface area contributed by atoms with Crippen LogP contribution in [0.2, 0.25) is 0 Å². The monoisotopic (exact) mass is 268 g/mol. The normalized spacial score (nSPS) is 25.5. The Morgan fingerprint density at radius 2 is 2.33 bits per heavy atom. The zero-order chi connectivity index (χ0) is 13.0. The molecule has 3 nitrogen and oxygen atoms in total. The number of likely N-dealkylation sites (N-methyl/N-ethyl adjacent to an activating group) is 1. The molecule has 0 spiro atoms. The number of nitrogens with one attached hydrogen (secondary N) is 1. The highest BCUT2D eigenvalue weighted by Crippen LogP contribution is 2.32. The largest absolute Gasteiger partial charge is 0.374 e. The molecule has 0 bridgehead atoms. The van der Waals surface area contributed by atoms with Crippen molar-refractivity contribution in [1.29, 1.82) is 0 Å². The molecule has 0 aromatic carbocycles. The fourth-order valence-electron chi connectivity index (χ4n) is 2.47. The molecule has 1 aliphatic heterocycles. The van der Waals surface area contributed by atoms with E-state index in [0.717, 1.165) is 26.2 Å². The number of rotatable bonds is 5. The van der Waals surface area contributed by atoms with Crippen molar-refractivity contribution in [1.82, 2.24) is 10.2 Å². The topological polar surface area (TPSA) is 24.5 Å². The first-order valence-corrected chi connectivity index (χ1v) is 7.63. The van der Waals surface area contributed by atoms with Crippen molar-refractivity contribution < 1.29 is 4.74 Å². The van der Waals surface area contributed by atoms with Crippen LogP contribution >= 0.6 is 11.3 Å². The highest BCUT2D eigenvalue weighted by atomic mass is 32.1. The van der Waals surface area contributed by atoms with E-state index >= 15 is 0 Å². The highest BCUT2D eigenvalue weighted by Gasteiger charge is 2.31. The Bertz CT molecular complexity index is 366. The van der Waals surface area contributed by atoms with Gasteiger partial charge in [0.1, 0.15) is 0 Å². The fourth-order valence-corrected chi connectivity index (χ4v) is 3.56. The van der Waals surface area contributed by atoms with Crippen LogP contribution in [-0.2, 0) is 4.74 Å². The van der Waals surface area contributed by atoms with Crippen molar-refractivity contribution in [2.24, 2.45) is 0 Å². The summed E-state index contributed by atoms with van der Waals surface area (Å²) in [5.41, 5.74) is 0. The number of morpholine rings is 1. The zero-order valence-electron chi connectivity index (χ0n) is 11.6. The maximum atomic E-state index is 5.97. The van der Waals surface area contributed by atoms with Crippen molar-refractivity contribution in [3.63, 3.8) is 0 Å². The van der Waals surface area contributed by atoms with Crippen LogP contribution in [0.15, 0.2) is 12.1 Å². The van der Waals surface area contributed by atoms with Gasteiger partial charge in [-0.3, -0.25) is 4.90 Å². The van der Waals surface area contributed by atoms with Gasteiger partial charge in [0.25, 0.3) is 0 Å². The molecule has 2 rings (SSSR count). The number of aryl methyl sites for hydroxylation is 1. The van der Waals surface area contributed by atoms with Gasteiger partial charge in [-0.15, -0.1) is 11.3 Å². The molecular formula is C14H24N2OS. The van der Waals surface area contributed by atoms with Crippen LogP contribution in [0.4, 0.5) is 0 Å². The van der Waals surface area contributed by atoms with E-state index in [4.69, 9.17) is 4.74 Å². The lowest BCUT2D eigenvalue weighted by molar-refractivity contribution is -0.0601. The lowest BCUT2D eigenvalue weighted by Crippen LogP contribution is -2.47. The van der Waals surface area contributed by atoms with Gasteiger partial charge in [0.05, 0.1) is 18.8 Å². The molecule has 1 N–H and O–H groups in total. The second-order valence-corrected chi connectivity index (χ2v) is 6.31. The first kappa shape index (κ1) is 14.0. The van der Waals surface area contributed by atoms with E-state index in [2.05, 4.69) is 43.2 Å². The van der Waals surface area contributed by atoms with Crippen molar-refractivity contribution in [2.75, 3.05) is 33.3 Å². The third kappa shape index (κ3) is 3.32.